The van der Waals surface area contributed by atoms with Crippen molar-refractivity contribution in [3.05, 3.63) is 46.8 Å². The smallest absolute Gasteiger partial charge is 0.248 e. The van der Waals surface area contributed by atoms with E-state index in [1.165, 1.54) is 0 Å². The minimum atomic E-state index is -0.904. The number of aliphatic hydroxyl groups is 2. The van der Waals surface area contributed by atoms with Gasteiger partial charge in [0.1, 0.15) is 25.1 Å². The lowest BCUT2D eigenvalue weighted by molar-refractivity contribution is -0.124. The maximum Gasteiger partial charge on any atom is 0.248 e. The molecule has 9 heteroatoms. The molecule has 0 bridgehead atoms. The van der Waals surface area contributed by atoms with Crippen LogP contribution >= 0.6 is 0 Å². The fraction of sp³-hybridized carbons (Fsp3) is 0.440. The van der Waals surface area contributed by atoms with Crippen molar-refractivity contribution in [2.24, 2.45) is 0 Å². The lowest BCUT2D eigenvalue weighted by Crippen LogP contribution is -2.36. The lowest BCUT2D eigenvalue weighted by atomic mass is 10.0. The predicted octanol–water partition coefficient (Wildman–Crippen LogP) is 2.78. The van der Waals surface area contributed by atoms with Crippen molar-refractivity contribution in [2.75, 3.05) is 19.8 Å². The number of nitrogens with one attached hydrogen (secondary N) is 1. The fourth-order valence-corrected chi connectivity index (χ4v) is 3.67. The maximum atomic E-state index is 11.1. The quantitative estimate of drug-likeness (QED) is 0.392. The molecular formula is C25H32N4O5. The third-order valence-electron chi connectivity index (χ3n) is 5.26. The molecule has 2 heterocycles. The third-order valence-corrected chi connectivity index (χ3v) is 5.26. The first-order valence-electron chi connectivity index (χ1n) is 11.5. The number of carbonyl (C=O) groups excluding carboxylic acids is 1. The van der Waals surface area contributed by atoms with Gasteiger partial charge in [-0.3, -0.25) is 9.78 Å². The van der Waals surface area contributed by atoms with Gasteiger partial charge < -0.3 is 24.7 Å². The van der Waals surface area contributed by atoms with Gasteiger partial charge in [-0.15, -0.1) is 10.2 Å². The molecule has 0 radical (unpaired) electrons. The van der Waals surface area contributed by atoms with Crippen LogP contribution < -0.4 is 10.1 Å². The number of benzene rings is 1. The number of amides is 1. The number of carbonyl (C=O) groups is 1. The van der Waals surface area contributed by atoms with Crippen LogP contribution in [0.4, 0.5) is 0 Å². The van der Waals surface area contributed by atoms with Gasteiger partial charge in [0, 0.05) is 29.1 Å². The standard InChI is InChI=1S/C25H32N4O5/c1-5-7-20-11-19(9-16(4)27-20)25-29-28-24(34-25)18-8-15(3)23(17(6-2)10-18)33-14-21(31)12-26-22(32)13-30/h8-11,21,30-31H,5-7,12-14H2,1-4H3,(H,26,32). The Kier molecular flexibility index (Phi) is 8.72. The van der Waals surface area contributed by atoms with E-state index in [0.717, 1.165) is 46.5 Å². The summed E-state index contributed by atoms with van der Waals surface area (Å²) in [5.74, 6) is 0.989. The van der Waals surface area contributed by atoms with E-state index >= 15 is 0 Å². The summed E-state index contributed by atoms with van der Waals surface area (Å²) in [5.41, 5.74) is 5.35. The number of hydrogen-bond acceptors (Lipinski definition) is 8. The number of aryl methyl sites for hydroxylation is 4. The van der Waals surface area contributed by atoms with Crippen molar-refractivity contribution in [3.8, 4) is 28.7 Å². The molecule has 0 spiro atoms. The number of aliphatic hydroxyl groups excluding tert-OH is 2. The van der Waals surface area contributed by atoms with Gasteiger partial charge in [0.25, 0.3) is 0 Å². The van der Waals surface area contributed by atoms with Crippen molar-refractivity contribution in [1.82, 2.24) is 20.5 Å². The second-order valence-corrected chi connectivity index (χ2v) is 8.21. The Bertz CT molecular complexity index is 1130. The molecule has 0 aliphatic rings. The van der Waals surface area contributed by atoms with Crippen LogP contribution in [0.2, 0.25) is 0 Å². The monoisotopic (exact) mass is 468 g/mol. The molecule has 3 rings (SSSR count). The Balaban J connectivity index is 1.78. The van der Waals surface area contributed by atoms with Crippen LogP contribution in [0.1, 0.15) is 42.8 Å². The number of ether oxygens (including phenoxy) is 1. The Morgan fingerprint density at radius 1 is 1.12 bits per heavy atom. The zero-order chi connectivity index (χ0) is 24.7. The van der Waals surface area contributed by atoms with Crippen LogP contribution in [-0.4, -0.2) is 57.2 Å². The van der Waals surface area contributed by atoms with Crippen molar-refractivity contribution in [1.29, 1.82) is 0 Å². The van der Waals surface area contributed by atoms with Crippen molar-refractivity contribution in [2.45, 2.75) is 53.1 Å². The van der Waals surface area contributed by atoms with Crippen molar-refractivity contribution >= 4 is 5.91 Å². The van der Waals surface area contributed by atoms with Crippen LogP contribution in [0.3, 0.4) is 0 Å². The van der Waals surface area contributed by atoms with Gasteiger partial charge in [-0.1, -0.05) is 20.3 Å². The van der Waals surface area contributed by atoms with E-state index in [0.29, 0.717) is 24.0 Å². The predicted molar refractivity (Wildman–Crippen MR) is 127 cm³/mol. The minimum absolute atomic E-state index is 0.00278. The molecule has 1 amide bonds. The van der Waals surface area contributed by atoms with E-state index in [-0.39, 0.29) is 13.2 Å². The molecule has 1 atom stereocenters. The third kappa shape index (κ3) is 6.39. The zero-order valence-electron chi connectivity index (χ0n) is 20.1. The second-order valence-electron chi connectivity index (χ2n) is 8.21. The highest BCUT2D eigenvalue weighted by Crippen LogP contribution is 2.32. The zero-order valence-corrected chi connectivity index (χ0v) is 20.1. The molecule has 2 aromatic heterocycles. The summed E-state index contributed by atoms with van der Waals surface area (Å²) in [4.78, 5) is 15.7. The number of rotatable bonds is 11. The SMILES string of the molecule is CCCc1cc(-c2nnc(-c3cc(C)c(OCC(O)CNC(=O)CO)c(CC)c3)o2)cc(C)n1. The molecule has 182 valence electrons. The summed E-state index contributed by atoms with van der Waals surface area (Å²) in [6.07, 6.45) is 1.69. The van der Waals surface area contributed by atoms with Crippen LogP contribution in [0, 0.1) is 13.8 Å². The lowest BCUT2D eigenvalue weighted by Gasteiger charge is -2.17. The van der Waals surface area contributed by atoms with E-state index in [4.69, 9.17) is 14.3 Å². The number of hydrogen-bond donors (Lipinski definition) is 3. The van der Waals surface area contributed by atoms with Gasteiger partial charge in [-0.2, -0.15) is 0 Å². The van der Waals surface area contributed by atoms with Gasteiger partial charge in [0.05, 0.1) is 0 Å². The summed E-state index contributed by atoms with van der Waals surface area (Å²) >= 11 is 0. The van der Waals surface area contributed by atoms with Gasteiger partial charge in [-0.05, 0) is 62.1 Å². The topological polar surface area (TPSA) is 131 Å². The van der Waals surface area contributed by atoms with Gasteiger partial charge in [-0.25, -0.2) is 0 Å². The summed E-state index contributed by atoms with van der Waals surface area (Å²) in [6, 6.07) is 7.78. The van der Waals surface area contributed by atoms with Crippen LogP contribution in [-0.2, 0) is 17.6 Å². The van der Waals surface area contributed by atoms with Gasteiger partial charge in [0.2, 0.25) is 17.7 Å². The molecule has 1 unspecified atom stereocenters. The van der Waals surface area contributed by atoms with E-state index in [1.807, 2.05) is 45.0 Å². The molecule has 0 aliphatic carbocycles. The highest BCUT2D eigenvalue weighted by molar-refractivity contribution is 5.76. The highest BCUT2D eigenvalue weighted by Gasteiger charge is 2.17. The number of pyridine rings is 1. The van der Waals surface area contributed by atoms with Gasteiger partial charge in [0.15, 0.2) is 0 Å². The minimum Gasteiger partial charge on any atom is -0.490 e. The van der Waals surface area contributed by atoms with Crippen LogP contribution in [0.25, 0.3) is 22.9 Å². The Morgan fingerprint density at radius 3 is 2.47 bits per heavy atom. The Hall–Kier alpha value is -3.30. The summed E-state index contributed by atoms with van der Waals surface area (Å²) in [5, 5.41) is 29.7. The van der Waals surface area contributed by atoms with E-state index < -0.39 is 18.6 Å². The van der Waals surface area contributed by atoms with E-state index in [1.54, 1.807) is 0 Å². The first kappa shape index (κ1) is 25.3. The Labute approximate surface area is 199 Å². The van der Waals surface area contributed by atoms with Crippen molar-refractivity contribution < 1.29 is 24.2 Å². The number of nitrogens with zero attached hydrogens (tertiary/aromatic N) is 3. The molecular weight excluding hydrogens is 436 g/mol. The highest BCUT2D eigenvalue weighted by atomic mass is 16.5. The van der Waals surface area contributed by atoms with E-state index in [2.05, 4.69) is 27.4 Å². The summed E-state index contributed by atoms with van der Waals surface area (Å²) in [6.45, 7) is 7.38. The van der Waals surface area contributed by atoms with Crippen LogP contribution in [0.5, 0.6) is 5.75 Å². The molecule has 0 saturated heterocycles. The molecule has 9 nitrogen and oxygen atoms in total. The first-order chi connectivity index (χ1) is 16.3. The molecule has 1 aromatic carbocycles. The van der Waals surface area contributed by atoms with Crippen LogP contribution in [0.15, 0.2) is 28.7 Å². The Morgan fingerprint density at radius 2 is 1.82 bits per heavy atom. The maximum absolute atomic E-state index is 11.1. The average molecular weight is 469 g/mol. The molecule has 3 N–H and O–H groups in total. The molecule has 0 saturated carbocycles. The largest absolute Gasteiger partial charge is 0.490 e. The summed E-state index contributed by atoms with van der Waals surface area (Å²) in [7, 11) is 0. The molecule has 34 heavy (non-hydrogen) atoms. The first-order valence-corrected chi connectivity index (χ1v) is 11.5. The van der Waals surface area contributed by atoms with Crippen molar-refractivity contribution in [3.63, 3.8) is 0 Å². The average Bonchev–Trinajstić information content (AvgIpc) is 3.31. The molecule has 0 fully saturated rings. The molecule has 0 aliphatic heterocycles. The normalized spacial score (nSPS) is 11.9. The number of aromatic nitrogens is 3. The second kappa shape index (κ2) is 11.7. The molecule has 3 aromatic rings. The van der Waals surface area contributed by atoms with Gasteiger partial charge >= 0.3 is 0 Å². The fourth-order valence-electron chi connectivity index (χ4n) is 3.67. The summed E-state index contributed by atoms with van der Waals surface area (Å²) < 4.78 is 11.9. The van der Waals surface area contributed by atoms with E-state index in [9.17, 15) is 9.90 Å².